The van der Waals surface area contributed by atoms with Gasteiger partial charge in [-0.3, -0.25) is 0 Å². The summed E-state index contributed by atoms with van der Waals surface area (Å²) >= 11 is 10.8. The van der Waals surface area contributed by atoms with E-state index >= 15 is 0 Å². The van der Waals surface area contributed by atoms with Gasteiger partial charge in [-0.1, -0.05) is 23.8 Å². The lowest BCUT2D eigenvalue weighted by Gasteiger charge is -2.24. The molecule has 1 rings (SSSR count). The third kappa shape index (κ3) is 4.06. The van der Waals surface area contributed by atoms with Crippen LogP contribution in [-0.4, -0.2) is 31.0 Å². The average molecular weight is 321 g/mol. The zero-order valence-electron chi connectivity index (χ0n) is 11.0. The van der Waals surface area contributed by atoms with Crippen molar-refractivity contribution in [3.63, 3.8) is 0 Å². The number of sulfone groups is 1. The number of halogens is 1. The molecular weight excluding hydrogens is 304 g/mol. The Morgan fingerprint density at radius 1 is 1.47 bits per heavy atom. The van der Waals surface area contributed by atoms with E-state index in [-0.39, 0.29) is 11.5 Å². The van der Waals surface area contributed by atoms with Crippen LogP contribution in [0.4, 0.5) is 5.69 Å². The van der Waals surface area contributed by atoms with Crippen molar-refractivity contribution in [1.82, 2.24) is 0 Å². The molecule has 0 radical (unpaired) electrons. The van der Waals surface area contributed by atoms with E-state index in [1.165, 1.54) is 6.26 Å². The van der Waals surface area contributed by atoms with Crippen molar-refractivity contribution in [1.29, 1.82) is 0 Å². The largest absolute Gasteiger partial charge is 0.389 e. The van der Waals surface area contributed by atoms with Crippen molar-refractivity contribution >= 4 is 44.3 Å². The first kappa shape index (κ1) is 16.2. The van der Waals surface area contributed by atoms with Crippen LogP contribution in [0.25, 0.3) is 0 Å². The minimum Gasteiger partial charge on any atom is -0.389 e. The molecule has 0 unspecified atom stereocenters. The molecule has 4 nitrogen and oxygen atoms in total. The highest BCUT2D eigenvalue weighted by atomic mass is 35.5. The summed E-state index contributed by atoms with van der Waals surface area (Å²) in [6, 6.07) is 5.08. The summed E-state index contributed by atoms with van der Waals surface area (Å²) in [4.78, 5) is 0.210. The molecule has 0 atom stereocenters. The highest BCUT2D eigenvalue weighted by Crippen LogP contribution is 2.23. The quantitative estimate of drug-likeness (QED) is 0.814. The lowest BCUT2D eigenvalue weighted by atomic mass is 10.1. The number of nitrogens with two attached hydrogens (primary N) is 1. The Labute approximate surface area is 124 Å². The fraction of sp³-hybridized carbons (Fsp3) is 0.417. The monoisotopic (exact) mass is 320 g/mol. The van der Waals surface area contributed by atoms with Gasteiger partial charge in [-0.25, -0.2) is 8.42 Å². The summed E-state index contributed by atoms with van der Waals surface area (Å²) in [7, 11) is -3.17. The molecule has 3 N–H and O–H groups in total. The van der Waals surface area contributed by atoms with Gasteiger partial charge in [-0.2, -0.15) is 0 Å². The predicted octanol–water partition coefficient (Wildman–Crippen LogP) is 2.21. The van der Waals surface area contributed by atoms with Crippen LogP contribution >= 0.6 is 23.8 Å². The lowest BCUT2D eigenvalue weighted by Crippen LogP contribution is -2.38. The van der Waals surface area contributed by atoms with Gasteiger partial charge in [0.1, 0.15) is 4.99 Å². The van der Waals surface area contributed by atoms with Gasteiger partial charge in [0, 0.05) is 29.1 Å². The van der Waals surface area contributed by atoms with E-state index < -0.39 is 14.6 Å². The molecule has 1 aromatic rings. The molecule has 0 aliphatic rings. The van der Waals surface area contributed by atoms with E-state index in [9.17, 15) is 8.42 Å². The Bertz CT molecular complexity index is 598. The molecule has 19 heavy (non-hydrogen) atoms. The highest BCUT2D eigenvalue weighted by molar-refractivity contribution is 7.92. The van der Waals surface area contributed by atoms with Crippen LogP contribution in [-0.2, 0) is 9.84 Å². The van der Waals surface area contributed by atoms with Gasteiger partial charge in [0.05, 0.1) is 4.75 Å². The normalized spacial score (nSPS) is 12.2. The summed E-state index contributed by atoms with van der Waals surface area (Å²) in [6.45, 7) is 3.57. The van der Waals surface area contributed by atoms with Gasteiger partial charge < -0.3 is 11.1 Å². The zero-order chi connectivity index (χ0) is 14.8. The number of anilines is 1. The molecule has 7 heteroatoms. The van der Waals surface area contributed by atoms with E-state index in [1.54, 1.807) is 32.0 Å². The fourth-order valence-corrected chi connectivity index (χ4v) is 1.99. The first-order chi connectivity index (χ1) is 8.54. The van der Waals surface area contributed by atoms with Crippen molar-refractivity contribution in [2.75, 3.05) is 18.1 Å². The fourth-order valence-electron chi connectivity index (χ4n) is 1.31. The van der Waals surface area contributed by atoms with Gasteiger partial charge in [0.2, 0.25) is 0 Å². The second kappa shape index (κ2) is 5.64. The van der Waals surface area contributed by atoms with E-state index in [4.69, 9.17) is 29.6 Å². The third-order valence-electron chi connectivity index (χ3n) is 2.96. The Kier molecular flexibility index (Phi) is 4.81. The molecule has 0 fully saturated rings. The van der Waals surface area contributed by atoms with Gasteiger partial charge in [0.15, 0.2) is 9.84 Å². The maximum atomic E-state index is 11.6. The number of thiocarbonyl (C=S) groups is 1. The Balaban J connectivity index is 2.99. The Morgan fingerprint density at radius 2 is 2.05 bits per heavy atom. The lowest BCUT2D eigenvalue weighted by molar-refractivity contribution is 0.560. The van der Waals surface area contributed by atoms with Crippen LogP contribution in [0.5, 0.6) is 0 Å². The third-order valence-corrected chi connectivity index (χ3v) is 5.56. The Hall–Kier alpha value is -0.850. The molecule has 106 valence electrons. The molecule has 0 spiro atoms. The van der Waals surface area contributed by atoms with Gasteiger partial charge in [0.25, 0.3) is 0 Å². The summed E-state index contributed by atoms with van der Waals surface area (Å²) in [5.41, 5.74) is 6.90. The van der Waals surface area contributed by atoms with Crippen molar-refractivity contribution in [2.24, 2.45) is 5.73 Å². The van der Waals surface area contributed by atoms with Gasteiger partial charge in [-0.15, -0.1) is 0 Å². The van der Waals surface area contributed by atoms with Crippen LogP contribution < -0.4 is 11.1 Å². The second-order valence-electron chi connectivity index (χ2n) is 4.94. The standard InChI is InChI=1S/C12H17ClN2O2S2/c1-12(2,19(3,16)17)7-15-10-5-4-8(13)6-9(10)11(14)18/h4-6,15H,7H2,1-3H3,(H2,14,18). The van der Waals surface area contributed by atoms with Crippen LogP contribution in [0.1, 0.15) is 19.4 Å². The molecule has 0 aromatic heterocycles. The predicted molar refractivity (Wildman–Crippen MR) is 84.8 cm³/mol. The van der Waals surface area contributed by atoms with Crippen LogP contribution in [0.3, 0.4) is 0 Å². The second-order valence-corrected chi connectivity index (χ2v) is 8.47. The minimum absolute atomic E-state index is 0.210. The molecule has 0 heterocycles. The number of hydrogen-bond donors (Lipinski definition) is 2. The summed E-state index contributed by atoms with van der Waals surface area (Å²) in [5, 5.41) is 3.59. The van der Waals surface area contributed by atoms with E-state index in [0.29, 0.717) is 16.3 Å². The molecule has 0 aliphatic carbocycles. The van der Waals surface area contributed by atoms with Gasteiger partial charge >= 0.3 is 0 Å². The molecule has 0 amide bonds. The average Bonchev–Trinajstić information content (AvgIpc) is 2.25. The first-order valence-corrected chi connectivity index (χ1v) is 8.25. The summed E-state index contributed by atoms with van der Waals surface area (Å²) in [5.74, 6) is 0. The Morgan fingerprint density at radius 3 is 2.53 bits per heavy atom. The van der Waals surface area contributed by atoms with E-state index in [2.05, 4.69) is 5.32 Å². The maximum absolute atomic E-state index is 11.6. The maximum Gasteiger partial charge on any atom is 0.154 e. The number of rotatable bonds is 5. The summed E-state index contributed by atoms with van der Waals surface area (Å²) < 4.78 is 22.4. The molecule has 0 bridgehead atoms. The van der Waals surface area contributed by atoms with E-state index in [0.717, 1.165) is 0 Å². The first-order valence-electron chi connectivity index (χ1n) is 5.57. The van der Waals surface area contributed by atoms with Crippen LogP contribution in [0.2, 0.25) is 5.02 Å². The molecule has 1 aromatic carbocycles. The topological polar surface area (TPSA) is 72.2 Å². The summed E-state index contributed by atoms with van der Waals surface area (Å²) in [6.07, 6.45) is 1.21. The number of benzene rings is 1. The van der Waals surface area contributed by atoms with E-state index in [1.807, 2.05) is 0 Å². The number of hydrogen-bond acceptors (Lipinski definition) is 4. The van der Waals surface area contributed by atoms with Crippen molar-refractivity contribution in [3.05, 3.63) is 28.8 Å². The van der Waals surface area contributed by atoms with Crippen molar-refractivity contribution < 1.29 is 8.42 Å². The molecular formula is C12H17ClN2O2S2. The van der Waals surface area contributed by atoms with Crippen molar-refractivity contribution in [3.8, 4) is 0 Å². The van der Waals surface area contributed by atoms with Crippen molar-refractivity contribution in [2.45, 2.75) is 18.6 Å². The highest BCUT2D eigenvalue weighted by Gasteiger charge is 2.30. The zero-order valence-corrected chi connectivity index (χ0v) is 13.4. The SMILES string of the molecule is CC(C)(CNc1ccc(Cl)cc1C(N)=S)S(C)(=O)=O. The molecule has 0 saturated heterocycles. The molecule has 0 aliphatic heterocycles. The van der Waals surface area contributed by atoms with Crippen LogP contribution in [0.15, 0.2) is 18.2 Å². The molecule has 0 saturated carbocycles. The minimum atomic E-state index is -3.17. The van der Waals surface area contributed by atoms with Crippen LogP contribution in [0, 0.1) is 0 Å². The number of nitrogens with one attached hydrogen (secondary N) is 1. The smallest absolute Gasteiger partial charge is 0.154 e. The van der Waals surface area contributed by atoms with Gasteiger partial charge in [-0.05, 0) is 32.0 Å².